The van der Waals surface area contributed by atoms with E-state index in [1.807, 2.05) is 11.4 Å². The maximum Gasteiger partial charge on any atom is 0.257 e. The molecule has 1 aliphatic heterocycles. The van der Waals surface area contributed by atoms with Crippen LogP contribution in [0.1, 0.15) is 10.4 Å². The van der Waals surface area contributed by atoms with Gasteiger partial charge in [-0.05, 0) is 23.6 Å². The van der Waals surface area contributed by atoms with Crippen LogP contribution >= 0.6 is 11.3 Å². The van der Waals surface area contributed by atoms with E-state index in [-0.39, 0.29) is 12.5 Å². The van der Waals surface area contributed by atoms with Crippen LogP contribution in [0.25, 0.3) is 10.2 Å². The minimum absolute atomic E-state index is 0.122. The molecule has 4 rings (SSSR count). The number of fused-ring (bicyclic) bond motifs is 1. The summed E-state index contributed by atoms with van der Waals surface area (Å²) in [5, 5.41) is 3.04. The lowest BCUT2D eigenvalue weighted by Gasteiger charge is -2.35. The van der Waals surface area contributed by atoms with Crippen LogP contribution in [0.5, 0.6) is 5.75 Å². The number of carbonyl (C=O) groups excluding carboxylic acids is 2. The van der Waals surface area contributed by atoms with Crippen molar-refractivity contribution in [1.82, 2.24) is 14.9 Å². The van der Waals surface area contributed by atoms with Crippen molar-refractivity contribution in [3.63, 3.8) is 0 Å². The lowest BCUT2D eigenvalue weighted by atomic mass is 10.1. The van der Waals surface area contributed by atoms with Gasteiger partial charge in [-0.15, -0.1) is 11.3 Å². The molecule has 0 atom stereocenters. The number of hydrogen-bond acceptors (Lipinski definition) is 7. The van der Waals surface area contributed by atoms with E-state index in [2.05, 4.69) is 14.9 Å². The summed E-state index contributed by atoms with van der Waals surface area (Å²) < 4.78 is 5.39. The predicted octanol–water partition coefficient (Wildman–Crippen LogP) is 1.52. The molecule has 0 unspecified atom stereocenters. The number of benzene rings is 1. The normalized spacial score (nSPS) is 14.3. The van der Waals surface area contributed by atoms with E-state index in [1.54, 1.807) is 46.8 Å². The van der Waals surface area contributed by atoms with Gasteiger partial charge in [0.1, 0.15) is 22.7 Å². The smallest absolute Gasteiger partial charge is 0.257 e. The first-order valence-corrected chi connectivity index (χ1v) is 9.74. The molecule has 0 aliphatic carbocycles. The van der Waals surface area contributed by atoms with E-state index in [0.29, 0.717) is 37.5 Å². The van der Waals surface area contributed by atoms with Crippen LogP contribution in [0.15, 0.2) is 42.0 Å². The summed E-state index contributed by atoms with van der Waals surface area (Å²) in [6.45, 7) is 2.23. The molecular weight excluding hydrogens is 378 g/mol. The second-order valence-electron chi connectivity index (χ2n) is 6.37. The van der Waals surface area contributed by atoms with Crippen molar-refractivity contribution in [1.29, 1.82) is 0 Å². The van der Waals surface area contributed by atoms with Crippen LogP contribution in [0.3, 0.4) is 0 Å². The largest absolute Gasteiger partial charge is 0.483 e. The standard InChI is InChI=1S/C19H19N5O3S/c20-16(25)11-27-15-4-2-1-3-13(15)19(26)24-8-6-23(7-9-24)17-14-5-10-28-18(14)22-12-21-17/h1-5,10,12H,6-9,11H2,(H2,20,25). The Hall–Kier alpha value is -3.20. The molecule has 28 heavy (non-hydrogen) atoms. The molecule has 2 aromatic heterocycles. The first-order valence-electron chi connectivity index (χ1n) is 8.86. The molecule has 1 saturated heterocycles. The van der Waals surface area contributed by atoms with Gasteiger partial charge < -0.3 is 20.3 Å². The highest BCUT2D eigenvalue weighted by Crippen LogP contribution is 2.28. The van der Waals surface area contributed by atoms with Gasteiger partial charge in [-0.3, -0.25) is 9.59 Å². The van der Waals surface area contributed by atoms with Gasteiger partial charge in [0.25, 0.3) is 11.8 Å². The minimum atomic E-state index is -0.583. The molecule has 1 aliphatic rings. The Morgan fingerprint density at radius 3 is 2.68 bits per heavy atom. The number of amides is 2. The number of piperazine rings is 1. The van der Waals surface area contributed by atoms with Crippen molar-refractivity contribution in [2.24, 2.45) is 5.73 Å². The Morgan fingerprint density at radius 2 is 1.89 bits per heavy atom. The summed E-state index contributed by atoms with van der Waals surface area (Å²) in [6.07, 6.45) is 1.58. The maximum absolute atomic E-state index is 13.0. The number of rotatable bonds is 5. The van der Waals surface area contributed by atoms with E-state index in [9.17, 15) is 9.59 Å². The van der Waals surface area contributed by atoms with Gasteiger partial charge in [-0.2, -0.15) is 0 Å². The molecule has 2 amide bonds. The van der Waals surface area contributed by atoms with Gasteiger partial charge in [0.2, 0.25) is 0 Å². The Bertz CT molecular complexity index is 1010. The van der Waals surface area contributed by atoms with Gasteiger partial charge in [0.05, 0.1) is 10.9 Å². The molecule has 2 N–H and O–H groups in total. The van der Waals surface area contributed by atoms with Crippen molar-refractivity contribution < 1.29 is 14.3 Å². The van der Waals surface area contributed by atoms with Gasteiger partial charge in [0, 0.05) is 26.2 Å². The molecule has 0 saturated carbocycles. The van der Waals surface area contributed by atoms with Crippen molar-refractivity contribution >= 4 is 39.2 Å². The van der Waals surface area contributed by atoms with Crippen LogP contribution in [0, 0.1) is 0 Å². The monoisotopic (exact) mass is 397 g/mol. The van der Waals surface area contributed by atoms with Crippen molar-refractivity contribution in [3.05, 3.63) is 47.6 Å². The van der Waals surface area contributed by atoms with Gasteiger partial charge in [-0.1, -0.05) is 12.1 Å². The number of hydrogen-bond donors (Lipinski definition) is 1. The molecule has 8 nitrogen and oxygen atoms in total. The third-order valence-electron chi connectivity index (χ3n) is 4.59. The highest BCUT2D eigenvalue weighted by atomic mass is 32.1. The molecule has 3 aromatic rings. The van der Waals surface area contributed by atoms with Crippen molar-refractivity contribution in [2.75, 3.05) is 37.7 Å². The average molecular weight is 397 g/mol. The van der Waals surface area contributed by atoms with Gasteiger partial charge >= 0.3 is 0 Å². The summed E-state index contributed by atoms with van der Waals surface area (Å²) >= 11 is 1.59. The topological polar surface area (TPSA) is 102 Å². The number of para-hydroxylation sites is 1. The van der Waals surface area contributed by atoms with E-state index in [1.165, 1.54) is 0 Å². The SMILES string of the molecule is NC(=O)COc1ccccc1C(=O)N1CCN(c2ncnc3sccc23)CC1. The predicted molar refractivity (Wildman–Crippen MR) is 107 cm³/mol. The Morgan fingerprint density at radius 1 is 1.11 bits per heavy atom. The molecule has 144 valence electrons. The number of carbonyl (C=O) groups is 2. The Kier molecular flexibility index (Phi) is 5.07. The van der Waals surface area contributed by atoms with Crippen LogP contribution in [0.4, 0.5) is 5.82 Å². The number of anilines is 1. The number of primary amides is 1. The van der Waals surface area contributed by atoms with Crippen LogP contribution in [-0.2, 0) is 4.79 Å². The third-order valence-corrected chi connectivity index (χ3v) is 5.42. The molecule has 0 bridgehead atoms. The van der Waals surface area contributed by atoms with Gasteiger partial charge in [-0.25, -0.2) is 9.97 Å². The number of ether oxygens (including phenoxy) is 1. The highest BCUT2D eigenvalue weighted by molar-refractivity contribution is 7.16. The first-order chi connectivity index (χ1) is 13.6. The van der Waals surface area contributed by atoms with Crippen molar-refractivity contribution in [2.45, 2.75) is 0 Å². The van der Waals surface area contributed by atoms with Crippen LogP contribution in [0.2, 0.25) is 0 Å². The minimum Gasteiger partial charge on any atom is -0.483 e. The number of nitrogens with two attached hydrogens (primary N) is 1. The number of nitrogens with zero attached hydrogens (tertiary/aromatic N) is 4. The lowest BCUT2D eigenvalue weighted by Crippen LogP contribution is -2.49. The third kappa shape index (κ3) is 3.61. The molecule has 3 heterocycles. The summed E-state index contributed by atoms with van der Waals surface area (Å²) in [5.41, 5.74) is 5.57. The zero-order chi connectivity index (χ0) is 19.5. The van der Waals surface area contributed by atoms with Crippen molar-refractivity contribution in [3.8, 4) is 5.75 Å². The average Bonchev–Trinajstić information content (AvgIpc) is 3.21. The molecule has 1 fully saturated rings. The van der Waals surface area contributed by atoms with Gasteiger partial charge in [0.15, 0.2) is 6.61 Å². The van der Waals surface area contributed by atoms with Crippen LogP contribution in [-0.4, -0.2) is 59.5 Å². The Balaban J connectivity index is 1.46. The lowest BCUT2D eigenvalue weighted by molar-refractivity contribution is -0.119. The summed E-state index contributed by atoms with van der Waals surface area (Å²) in [6, 6.07) is 8.92. The Labute approximate surface area is 165 Å². The molecular formula is C19H19N5O3S. The summed E-state index contributed by atoms with van der Waals surface area (Å²) in [4.78, 5) is 37.6. The molecule has 0 spiro atoms. The molecule has 9 heteroatoms. The zero-order valence-corrected chi connectivity index (χ0v) is 15.9. The first kappa shape index (κ1) is 18.2. The molecule has 0 radical (unpaired) electrons. The number of thiophene rings is 1. The maximum atomic E-state index is 13.0. The van der Waals surface area contributed by atoms with E-state index in [0.717, 1.165) is 16.0 Å². The fourth-order valence-electron chi connectivity index (χ4n) is 3.24. The molecule has 1 aromatic carbocycles. The number of aromatic nitrogens is 2. The van der Waals surface area contributed by atoms with E-state index < -0.39 is 5.91 Å². The summed E-state index contributed by atoms with van der Waals surface area (Å²) in [5.74, 6) is 0.566. The fourth-order valence-corrected chi connectivity index (χ4v) is 3.97. The fraction of sp³-hybridized carbons (Fsp3) is 0.263. The quantitative estimate of drug-likeness (QED) is 0.700. The summed E-state index contributed by atoms with van der Waals surface area (Å²) in [7, 11) is 0. The highest BCUT2D eigenvalue weighted by Gasteiger charge is 2.25. The van der Waals surface area contributed by atoms with E-state index in [4.69, 9.17) is 10.5 Å². The second kappa shape index (κ2) is 7.81. The zero-order valence-electron chi connectivity index (χ0n) is 15.1. The second-order valence-corrected chi connectivity index (χ2v) is 7.26. The van der Waals surface area contributed by atoms with Crippen LogP contribution < -0.4 is 15.4 Å². The van der Waals surface area contributed by atoms with E-state index >= 15 is 0 Å².